The highest BCUT2D eigenvalue weighted by Gasteiger charge is 2.30. The molecule has 5 atom stereocenters. The van der Waals surface area contributed by atoms with Crippen LogP contribution in [0.2, 0.25) is 0 Å². The molecule has 0 aliphatic carbocycles. The van der Waals surface area contributed by atoms with E-state index in [1.807, 2.05) is 0 Å². The molecule has 0 aromatic carbocycles. The van der Waals surface area contributed by atoms with Crippen LogP contribution >= 0.6 is 15.6 Å². The Hall–Kier alpha value is -1.94. The van der Waals surface area contributed by atoms with Gasteiger partial charge in [-0.05, 0) is 31.6 Å². The number of hydrogen-bond donors (Lipinski definition) is 3. The van der Waals surface area contributed by atoms with E-state index in [1.54, 1.807) is 0 Å². The van der Waals surface area contributed by atoms with E-state index in [4.69, 9.17) is 37.0 Å². The maximum absolute atomic E-state index is 13.1. The van der Waals surface area contributed by atoms with Gasteiger partial charge in [0, 0.05) is 25.7 Å². The van der Waals surface area contributed by atoms with Gasteiger partial charge in [0.25, 0.3) is 0 Å². The van der Waals surface area contributed by atoms with Crippen molar-refractivity contribution in [2.24, 2.45) is 5.92 Å². The van der Waals surface area contributed by atoms with E-state index in [1.165, 1.54) is 238 Å². The molecular weight excluding hydrogens is 1280 g/mol. The summed E-state index contributed by atoms with van der Waals surface area (Å²) in [5, 5.41) is 10.6. The summed E-state index contributed by atoms with van der Waals surface area (Å²) < 4.78 is 68.6. The Balaban J connectivity index is 5.20. The summed E-state index contributed by atoms with van der Waals surface area (Å²) in [6, 6.07) is 0. The fourth-order valence-electron chi connectivity index (χ4n) is 12.2. The van der Waals surface area contributed by atoms with Crippen LogP contribution in [0.1, 0.15) is 420 Å². The van der Waals surface area contributed by atoms with Gasteiger partial charge in [0.2, 0.25) is 0 Å². The van der Waals surface area contributed by atoms with Crippen molar-refractivity contribution in [3.8, 4) is 0 Å². The third kappa shape index (κ3) is 72.4. The molecule has 0 heterocycles. The van der Waals surface area contributed by atoms with Gasteiger partial charge in [0.05, 0.1) is 26.4 Å². The van der Waals surface area contributed by atoms with E-state index in [2.05, 4.69) is 34.6 Å². The zero-order valence-electron chi connectivity index (χ0n) is 63.9. The highest BCUT2D eigenvalue weighted by Crippen LogP contribution is 2.45. The topological polar surface area (TPSA) is 237 Å². The number of rotatable bonds is 79. The first-order valence-corrected chi connectivity index (χ1v) is 44.1. The maximum atomic E-state index is 13.1. The van der Waals surface area contributed by atoms with E-state index in [9.17, 15) is 43.2 Å². The van der Waals surface area contributed by atoms with Gasteiger partial charge in [-0.1, -0.05) is 369 Å². The molecule has 3 N–H and O–H groups in total. The van der Waals surface area contributed by atoms with Crippen molar-refractivity contribution >= 4 is 39.5 Å². The Morgan fingerprint density at radius 3 is 0.694 bits per heavy atom. The van der Waals surface area contributed by atoms with E-state index in [0.29, 0.717) is 25.7 Å². The molecule has 2 unspecified atom stereocenters. The molecule has 0 aromatic rings. The Morgan fingerprint density at radius 2 is 0.469 bits per heavy atom. The minimum Gasteiger partial charge on any atom is -0.462 e. The lowest BCUT2D eigenvalue weighted by Gasteiger charge is -2.21. The van der Waals surface area contributed by atoms with Crippen LogP contribution in [0.3, 0.4) is 0 Å². The number of aliphatic hydroxyl groups excluding tert-OH is 1. The Morgan fingerprint density at radius 1 is 0.276 bits per heavy atom. The molecule has 0 aliphatic heterocycles. The zero-order valence-corrected chi connectivity index (χ0v) is 65.7. The van der Waals surface area contributed by atoms with E-state index < -0.39 is 97.5 Å². The third-order valence-corrected chi connectivity index (χ3v) is 20.4. The van der Waals surface area contributed by atoms with Crippen molar-refractivity contribution in [3.05, 3.63) is 0 Å². The molecule has 98 heavy (non-hydrogen) atoms. The smallest absolute Gasteiger partial charge is 0.462 e. The summed E-state index contributed by atoms with van der Waals surface area (Å²) in [5.74, 6) is -1.32. The molecule has 0 saturated carbocycles. The number of phosphoric acid groups is 2. The number of esters is 4. The number of hydrogen-bond acceptors (Lipinski definition) is 15. The summed E-state index contributed by atoms with van der Waals surface area (Å²) in [6.07, 6.45) is 62.4. The largest absolute Gasteiger partial charge is 0.472 e. The number of carbonyl (C=O) groups excluding carboxylic acids is 4. The van der Waals surface area contributed by atoms with E-state index in [-0.39, 0.29) is 25.7 Å². The van der Waals surface area contributed by atoms with Gasteiger partial charge in [-0.15, -0.1) is 0 Å². The lowest BCUT2D eigenvalue weighted by molar-refractivity contribution is -0.161. The molecule has 0 aliphatic rings. The first kappa shape index (κ1) is 96.1. The van der Waals surface area contributed by atoms with Crippen molar-refractivity contribution in [1.29, 1.82) is 0 Å². The van der Waals surface area contributed by atoms with Gasteiger partial charge in [-0.3, -0.25) is 37.3 Å². The molecule has 0 aromatic heterocycles. The molecule has 0 amide bonds. The second-order valence-electron chi connectivity index (χ2n) is 28.9. The average Bonchev–Trinajstić information content (AvgIpc) is 1.12. The van der Waals surface area contributed by atoms with Crippen LogP contribution in [0, 0.1) is 5.92 Å². The zero-order chi connectivity index (χ0) is 71.9. The minimum atomic E-state index is -4.96. The van der Waals surface area contributed by atoms with Crippen molar-refractivity contribution in [2.45, 2.75) is 438 Å². The summed E-state index contributed by atoms with van der Waals surface area (Å²) in [7, 11) is -9.91. The minimum absolute atomic E-state index is 0.107. The summed E-state index contributed by atoms with van der Waals surface area (Å²) >= 11 is 0. The molecule has 0 bridgehead atoms. The van der Waals surface area contributed by atoms with Gasteiger partial charge in [-0.25, -0.2) is 9.13 Å². The van der Waals surface area contributed by atoms with Crippen LogP contribution in [0.15, 0.2) is 0 Å². The van der Waals surface area contributed by atoms with Gasteiger partial charge in [-0.2, -0.15) is 0 Å². The van der Waals surface area contributed by atoms with E-state index >= 15 is 0 Å². The van der Waals surface area contributed by atoms with Crippen molar-refractivity contribution in [3.63, 3.8) is 0 Å². The molecular formula is C79H154O17P2. The third-order valence-electron chi connectivity index (χ3n) is 18.5. The highest BCUT2D eigenvalue weighted by molar-refractivity contribution is 7.47. The second kappa shape index (κ2) is 72.0. The fourth-order valence-corrected chi connectivity index (χ4v) is 13.8. The number of aliphatic hydroxyl groups is 1. The predicted molar refractivity (Wildman–Crippen MR) is 400 cm³/mol. The first-order valence-electron chi connectivity index (χ1n) is 41.1. The Bertz CT molecular complexity index is 1870. The summed E-state index contributed by atoms with van der Waals surface area (Å²) in [5.41, 5.74) is 0. The molecule has 0 radical (unpaired) electrons. The maximum Gasteiger partial charge on any atom is 0.472 e. The first-order chi connectivity index (χ1) is 47.5. The Labute approximate surface area is 600 Å². The molecule has 17 nitrogen and oxygen atoms in total. The van der Waals surface area contributed by atoms with Crippen LogP contribution in [-0.4, -0.2) is 96.7 Å². The lowest BCUT2D eigenvalue weighted by Crippen LogP contribution is -2.30. The summed E-state index contributed by atoms with van der Waals surface area (Å²) in [4.78, 5) is 72.9. The van der Waals surface area contributed by atoms with Crippen LogP contribution in [0.4, 0.5) is 0 Å². The van der Waals surface area contributed by atoms with Gasteiger partial charge >= 0.3 is 39.5 Å². The van der Waals surface area contributed by atoms with Crippen LogP contribution < -0.4 is 0 Å². The van der Waals surface area contributed by atoms with Crippen molar-refractivity contribution in [1.82, 2.24) is 0 Å². The van der Waals surface area contributed by atoms with Gasteiger partial charge < -0.3 is 33.8 Å². The van der Waals surface area contributed by atoms with Crippen LogP contribution in [0.5, 0.6) is 0 Å². The van der Waals surface area contributed by atoms with Crippen molar-refractivity contribution in [2.75, 3.05) is 39.6 Å². The van der Waals surface area contributed by atoms with Crippen molar-refractivity contribution < 1.29 is 80.2 Å². The average molecular weight is 1440 g/mol. The predicted octanol–water partition coefficient (Wildman–Crippen LogP) is 23.6. The number of phosphoric ester groups is 2. The normalized spacial score (nSPS) is 13.9. The van der Waals surface area contributed by atoms with Gasteiger partial charge in [0.15, 0.2) is 12.2 Å². The second-order valence-corrected chi connectivity index (χ2v) is 31.8. The standard InChI is InChI=1S/C79H154O17P2/c1-6-9-12-15-18-21-23-25-27-29-31-35-39-43-48-53-58-63-77(82)90-69-75(96-79(84)64-59-54-49-44-40-36-32-30-28-26-24-22-19-16-13-10-7-2)71-94-98(87,88)92-67-73(80)66-91-97(85,86)93-70-74(68-89-76(81)62-57-52-47-20-17-14-11-8-3)95-78(83)65-60-55-50-45-41-37-33-34-38-42-46-51-56-61-72(4)5/h72-75,80H,6-71H2,1-5H3,(H,85,86)(H,87,88)/t73-,74+,75+/m0/s1. The highest BCUT2D eigenvalue weighted by atomic mass is 31.2. The molecule has 582 valence electrons. The number of ether oxygens (including phenoxy) is 4. The van der Waals surface area contributed by atoms with Crippen LogP contribution in [-0.2, 0) is 65.4 Å². The quantitative estimate of drug-likeness (QED) is 0.0222. The monoisotopic (exact) mass is 1440 g/mol. The van der Waals surface area contributed by atoms with E-state index in [0.717, 1.165) is 102 Å². The molecule has 0 fully saturated rings. The molecule has 0 spiro atoms. The molecule has 0 saturated heterocycles. The molecule has 0 rings (SSSR count). The number of unbranched alkanes of at least 4 members (excludes halogenated alkanes) is 51. The number of carbonyl (C=O) groups is 4. The van der Waals surface area contributed by atoms with Crippen LogP contribution in [0.25, 0.3) is 0 Å². The van der Waals surface area contributed by atoms with Gasteiger partial charge in [0.1, 0.15) is 19.3 Å². The Kier molecular flexibility index (Phi) is 70.6. The lowest BCUT2D eigenvalue weighted by atomic mass is 10.0. The fraction of sp³-hybridized carbons (Fsp3) is 0.949. The summed E-state index contributed by atoms with van der Waals surface area (Å²) in [6.45, 7) is 7.31. The molecule has 19 heteroatoms. The SMILES string of the molecule is CCCCCCCCCCCCCCCCCCCC(=O)OC[C@H](COP(=O)(O)OC[C@@H](O)COP(=O)(O)OC[C@@H](COC(=O)CCCCCCCCCC)OC(=O)CCCCCCCCCCCCCCCC(C)C)OC(=O)CCCCCCCCCCCCCCCCCCC.